The lowest BCUT2D eigenvalue weighted by atomic mass is 9.96. The highest BCUT2D eigenvalue weighted by Gasteiger charge is 2.25. The second-order valence-corrected chi connectivity index (χ2v) is 6.36. The molecule has 1 aromatic heterocycles. The molecule has 2 unspecified atom stereocenters. The monoisotopic (exact) mass is 266 g/mol. The Hall–Kier alpha value is -0.870. The topological polar surface area (TPSA) is 46.3 Å². The Morgan fingerprint density at radius 2 is 2.39 bits per heavy atom. The normalized spacial score (nSPS) is 24.2. The molecule has 100 valence electrons. The molecule has 1 saturated heterocycles. The summed E-state index contributed by atoms with van der Waals surface area (Å²) < 4.78 is 0. The van der Waals surface area contributed by atoms with Crippen molar-refractivity contribution in [2.75, 3.05) is 13.1 Å². The summed E-state index contributed by atoms with van der Waals surface area (Å²) in [5.41, 5.74) is 5.97. The molecule has 0 spiro atoms. The van der Waals surface area contributed by atoms with Gasteiger partial charge in [-0.05, 0) is 36.6 Å². The zero-order valence-electron chi connectivity index (χ0n) is 11.0. The zero-order valence-corrected chi connectivity index (χ0v) is 11.8. The van der Waals surface area contributed by atoms with Crippen LogP contribution >= 0.6 is 11.3 Å². The Morgan fingerprint density at radius 3 is 3.06 bits per heavy atom. The zero-order chi connectivity index (χ0) is 13.0. The summed E-state index contributed by atoms with van der Waals surface area (Å²) in [6.07, 6.45) is 3.65. The van der Waals surface area contributed by atoms with Crippen LogP contribution in [0.4, 0.5) is 0 Å². The molecule has 2 rings (SSSR count). The number of carbonyl (C=O) groups is 1. The first-order chi connectivity index (χ1) is 8.65. The number of aryl methyl sites for hydroxylation is 1. The summed E-state index contributed by atoms with van der Waals surface area (Å²) in [5.74, 6) is 0.809. The van der Waals surface area contributed by atoms with Crippen LogP contribution < -0.4 is 5.73 Å². The van der Waals surface area contributed by atoms with E-state index in [4.69, 9.17) is 5.73 Å². The molecule has 4 heteroatoms. The van der Waals surface area contributed by atoms with Crippen LogP contribution in [0.2, 0.25) is 0 Å². The molecule has 0 radical (unpaired) electrons. The Bertz CT molecular complexity index is 367. The van der Waals surface area contributed by atoms with Gasteiger partial charge in [0.2, 0.25) is 5.91 Å². The standard InChI is InChI=1S/C14H22N2OS/c1-11-8-12(15)10-16(9-11)14(17)6-2-4-13-5-3-7-18-13/h3,5,7,11-12H,2,4,6,8-10,15H2,1H3. The SMILES string of the molecule is CC1CC(N)CN(C(=O)CCCc2cccs2)C1. The average molecular weight is 266 g/mol. The maximum absolute atomic E-state index is 12.1. The number of nitrogens with zero attached hydrogens (tertiary/aromatic N) is 1. The van der Waals surface area contributed by atoms with E-state index in [1.807, 2.05) is 4.90 Å². The summed E-state index contributed by atoms with van der Waals surface area (Å²) in [7, 11) is 0. The summed E-state index contributed by atoms with van der Waals surface area (Å²) >= 11 is 1.77. The molecule has 0 saturated carbocycles. The van der Waals surface area contributed by atoms with Crippen LogP contribution in [0.1, 0.15) is 31.1 Å². The summed E-state index contributed by atoms with van der Waals surface area (Å²) in [5, 5.41) is 2.09. The lowest BCUT2D eigenvalue weighted by Gasteiger charge is -2.34. The van der Waals surface area contributed by atoms with Crippen molar-refractivity contribution < 1.29 is 4.79 Å². The predicted molar refractivity (Wildman–Crippen MR) is 75.6 cm³/mol. The van der Waals surface area contributed by atoms with E-state index in [1.165, 1.54) is 4.88 Å². The van der Waals surface area contributed by atoms with Crippen molar-refractivity contribution in [2.24, 2.45) is 11.7 Å². The molecule has 1 amide bonds. The van der Waals surface area contributed by atoms with E-state index in [1.54, 1.807) is 11.3 Å². The summed E-state index contributed by atoms with van der Waals surface area (Å²) in [6, 6.07) is 4.36. The van der Waals surface area contributed by atoms with Crippen molar-refractivity contribution in [1.82, 2.24) is 4.90 Å². The van der Waals surface area contributed by atoms with E-state index in [0.717, 1.165) is 32.4 Å². The highest BCUT2D eigenvalue weighted by Crippen LogP contribution is 2.17. The van der Waals surface area contributed by atoms with Gasteiger partial charge in [-0.25, -0.2) is 0 Å². The van der Waals surface area contributed by atoms with Gasteiger partial charge in [-0.2, -0.15) is 0 Å². The minimum Gasteiger partial charge on any atom is -0.341 e. The van der Waals surface area contributed by atoms with E-state index in [9.17, 15) is 4.79 Å². The van der Waals surface area contributed by atoms with Crippen molar-refractivity contribution in [2.45, 2.75) is 38.6 Å². The number of likely N-dealkylation sites (tertiary alicyclic amines) is 1. The molecule has 0 bridgehead atoms. The van der Waals surface area contributed by atoms with Crippen molar-refractivity contribution in [3.8, 4) is 0 Å². The lowest BCUT2D eigenvalue weighted by molar-refractivity contribution is -0.133. The van der Waals surface area contributed by atoms with Gasteiger partial charge in [-0.1, -0.05) is 13.0 Å². The van der Waals surface area contributed by atoms with Crippen LogP contribution in [0.3, 0.4) is 0 Å². The lowest BCUT2D eigenvalue weighted by Crippen LogP contribution is -2.48. The highest BCUT2D eigenvalue weighted by atomic mass is 32.1. The van der Waals surface area contributed by atoms with Crippen molar-refractivity contribution in [3.05, 3.63) is 22.4 Å². The second-order valence-electron chi connectivity index (χ2n) is 5.33. The van der Waals surface area contributed by atoms with Gasteiger partial charge < -0.3 is 10.6 Å². The largest absolute Gasteiger partial charge is 0.341 e. The summed E-state index contributed by atoms with van der Waals surface area (Å²) in [6.45, 7) is 3.79. The number of piperidine rings is 1. The van der Waals surface area contributed by atoms with Crippen molar-refractivity contribution in [1.29, 1.82) is 0 Å². The van der Waals surface area contributed by atoms with Crippen LogP contribution in [-0.2, 0) is 11.2 Å². The average Bonchev–Trinajstić information content (AvgIpc) is 2.80. The Morgan fingerprint density at radius 1 is 1.56 bits per heavy atom. The molecule has 2 N–H and O–H groups in total. The van der Waals surface area contributed by atoms with E-state index in [2.05, 4.69) is 24.4 Å². The van der Waals surface area contributed by atoms with Gasteiger partial charge in [0.15, 0.2) is 0 Å². The van der Waals surface area contributed by atoms with E-state index < -0.39 is 0 Å². The molecule has 0 aromatic carbocycles. The Labute approximate surface area is 113 Å². The molecule has 1 aromatic rings. The van der Waals surface area contributed by atoms with Crippen LogP contribution in [0.5, 0.6) is 0 Å². The van der Waals surface area contributed by atoms with Gasteiger partial charge in [-0.3, -0.25) is 4.79 Å². The molecule has 0 aliphatic carbocycles. The Balaban J connectivity index is 1.74. The predicted octanol–water partition coefficient (Wildman–Crippen LogP) is 2.27. The molecule has 1 fully saturated rings. The number of carbonyl (C=O) groups excluding carboxylic acids is 1. The van der Waals surface area contributed by atoms with Crippen molar-refractivity contribution >= 4 is 17.2 Å². The minimum atomic E-state index is 0.162. The molecule has 1 aliphatic rings. The Kier molecular flexibility index (Phi) is 4.78. The molecule has 3 nitrogen and oxygen atoms in total. The number of hydrogen-bond donors (Lipinski definition) is 1. The van der Waals surface area contributed by atoms with Crippen LogP contribution in [-0.4, -0.2) is 29.9 Å². The fourth-order valence-electron chi connectivity index (χ4n) is 2.63. The summed E-state index contributed by atoms with van der Waals surface area (Å²) in [4.78, 5) is 15.4. The van der Waals surface area contributed by atoms with Gasteiger partial charge in [0.25, 0.3) is 0 Å². The van der Waals surface area contributed by atoms with Gasteiger partial charge in [-0.15, -0.1) is 11.3 Å². The van der Waals surface area contributed by atoms with Gasteiger partial charge in [0, 0.05) is 30.4 Å². The van der Waals surface area contributed by atoms with Gasteiger partial charge in [0.1, 0.15) is 0 Å². The third kappa shape index (κ3) is 3.82. The molecular formula is C14H22N2OS. The number of thiophene rings is 1. The van der Waals surface area contributed by atoms with E-state index in [0.29, 0.717) is 12.3 Å². The first kappa shape index (κ1) is 13.6. The van der Waals surface area contributed by atoms with E-state index >= 15 is 0 Å². The fourth-order valence-corrected chi connectivity index (χ4v) is 3.38. The third-order valence-corrected chi connectivity index (χ3v) is 4.37. The minimum absolute atomic E-state index is 0.162. The number of amides is 1. The molecule has 2 heterocycles. The molecule has 18 heavy (non-hydrogen) atoms. The first-order valence-corrected chi connectivity index (χ1v) is 7.59. The first-order valence-electron chi connectivity index (χ1n) is 6.71. The second kappa shape index (κ2) is 6.34. The van der Waals surface area contributed by atoms with Gasteiger partial charge in [0.05, 0.1) is 0 Å². The molecular weight excluding hydrogens is 244 g/mol. The third-order valence-electron chi connectivity index (χ3n) is 3.44. The maximum atomic E-state index is 12.1. The molecule has 1 aliphatic heterocycles. The van der Waals surface area contributed by atoms with Crippen LogP contribution in [0.15, 0.2) is 17.5 Å². The fraction of sp³-hybridized carbons (Fsp3) is 0.643. The van der Waals surface area contributed by atoms with Crippen molar-refractivity contribution in [3.63, 3.8) is 0 Å². The smallest absolute Gasteiger partial charge is 0.222 e. The van der Waals surface area contributed by atoms with Gasteiger partial charge >= 0.3 is 0 Å². The number of rotatable bonds is 4. The number of nitrogens with two attached hydrogens (primary N) is 1. The molecule has 2 atom stereocenters. The van der Waals surface area contributed by atoms with E-state index in [-0.39, 0.29) is 11.9 Å². The van der Waals surface area contributed by atoms with Crippen LogP contribution in [0.25, 0.3) is 0 Å². The number of hydrogen-bond acceptors (Lipinski definition) is 3. The maximum Gasteiger partial charge on any atom is 0.222 e. The van der Waals surface area contributed by atoms with Crippen LogP contribution in [0, 0.1) is 5.92 Å². The quantitative estimate of drug-likeness (QED) is 0.908. The highest BCUT2D eigenvalue weighted by molar-refractivity contribution is 7.09.